The molecule has 0 unspecified atom stereocenters. The summed E-state index contributed by atoms with van der Waals surface area (Å²) in [6, 6.07) is 0.442. The minimum atomic E-state index is -5.08. The van der Waals surface area contributed by atoms with E-state index in [9.17, 15) is 26.3 Å². The predicted molar refractivity (Wildman–Crippen MR) is 115 cm³/mol. The Balaban J connectivity index is 0.000000286. The molecule has 0 amide bonds. The van der Waals surface area contributed by atoms with Crippen molar-refractivity contribution in [3.8, 4) is 0 Å². The Kier molecular flexibility index (Phi) is 10.4. The van der Waals surface area contributed by atoms with E-state index in [0.717, 1.165) is 50.8 Å². The second-order valence-corrected chi connectivity index (χ2v) is 8.95. The van der Waals surface area contributed by atoms with E-state index in [2.05, 4.69) is 19.9 Å². The Morgan fingerprint density at radius 3 is 2.14 bits per heavy atom. The Morgan fingerprint density at radius 2 is 1.68 bits per heavy atom. The van der Waals surface area contributed by atoms with Gasteiger partial charge in [-0.25, -0.2) is 14.6 Å². The van der Waals surface area contributed by atoms with Gasteiger partial charge in [0, 0.05) is 43.3 Å². The van der Waals surface area contributed by atoms with E-state index in [0.29, 0.717) is 12.1 Å². The van der Waals surface area contributed by atoms with Crippen molar-refractivity contribution in [3.05, 3.63) is 33.6 Å². The SMILES string of the molecule is Cc1noc(C)c1CN1CCO[C@H]2CN(Cc3nccs3)C[C@H]21.O=C(O)C(F)(F)F.O=C(O)C(F)(F)F. The zero-order valence-corrected chi connectivity index (χ0v) is 20.4. The highest BCUT2D eigenvalue weighted by molar-refractivity contribution is 7.09. The lowest BCUT2D eigenvalue weighted by Gasteiger charge is -2.36. The minimum Gasteiger partial charge on any atom is -0.475 e. The lowest BCUT2D eigenvalue weighted by molar-refractivity contribution is -0.193. The molecular formula is C20H24F6N4O6S. The van der Waals surface area contributed by atoms with Gasteiger partial charge in [-0.2, -0.15) is 26.3 Å². The van der Waals surface area contributed by atoms with Gasteiger partial charge >= 0.3 is 24.3 Å². The Labute approximate surface area is 210 Å². The molecule has 4 rings (SSSR count). The number of carbonyl (C=O) groups is 2. The quantitative estimate of drug-likeness (QED) is 0.537. The number of aryl methyl sites for hydroxylation is 2. The summed E-state index contributed by atoms with van der Waals surface area (Å²) in [5, 5.41) is 21.6. The highest BCUT2D eigenvalue weighted by Crippen LogP contribution is 2.27. The number of ether oxygens (including phenoxy) is 1. The Hall–Kier alpha value is -2.76. The van der Waals surface area contributed by atoms with Gasteiger partial charge in [0.25, 0.3) is 0 Å². The second kappa shape index (κ2) is 12.7. The molecule has 2 aliphatic heterocycles. The third kappa shape index (κ3) is 9.24. The van der Waals surface area contributed by atoms with Crippen LogP contribution in [0.15, 0.2) is 16.1 Å². The van der Waals surface area contributed by atoms with Crippen molar-refractivity contribution >= 4 is 23.3 Å². The van der Waals surface area contributed by atoms with Crippen LogP contribution in [-0.2, 0) is 27.4 Å². The molecule has 0 spiro atoms. The van der Waals surface area contributed by atoms with Crippen molar-refractivity contribution in [3.63, 3.8) is 0 Å². The average molecular weight is 562 g/mol. The molecule has 208 valence electrons. The molecule has 10 nitrogen and oxygen atoms in total. The standard InChI is InChI=1S/C16H22N4O2S.2C2HF3O2/c1-11-13(12(2)22-18-11)7-20-4-5-21-15-9-19(8-14(15)20)10-16-17-3-6-23-16;2*3-2(4,5)1(6)7/h3,6,14-15H,4-5,7-10H2,1-2H3;2*(H,6,7)/t14-,15+;;/m1../s1. The van der Waals surface area contributed by atoms with Gasteiger partial charge in [-0.3, -0.25) is 9.80 Å². The number of hydrogen-bond donors (Lipinski definition) is 2. The van der Waals surface area contributed by atoms with Crippen LogP contribution in [0, 0.1) is 13.8 Å². The second-order valence-electron chi connectivity index (χ2n) is 7.98. The van der Waals surface area contributed by atoms with Crippen molar-refractivity contribution < 1.29 is 55.4 Å². The summed E-state index contributed by atoms with van der Waals surface area (Å²) in [5.41, 5.74) is 2.23. The first kappa shape index (κ1) is 30.5. The molecule has 4 heterocycles. The zero-order valence-electron chi connectivity index (χ0n) is 19.5. The highest BCUT2D eigenvalue weighted by atomic mass is 32.1. The van der Waals surface area contributed by atoms with E-state index in [4.69, 9.17) is 29.1 Å². The summed E-state index contributed by atoms with van der Waals surface area (Å²) in [6.07, 6.45) is -7.99. The number of aliphatic carboxylic acids is 2. The van der Waals surface area contributed by atoms with Crippen LogP contribution >= 0.6 is 11.3 Å². The number of carboxylic acids is 2. The van der Waals surface area contributed by atoms with Gasteiger partial charge in [0.05, 0.1) is 31.0 Å². The first-order chi connectivity index (χ1) is 17.1. The number of likely N-dealkylation sites (tertiary alicyclic amines) is 1. The average Bonchev–Trinajstić information content (AvgIpc) is 3.51. The van der Waals surface area contributed by atoms with E-state index >= 15 is 0 Å². The number of fused-ring (bicyclic) bond motifs is 1. The number of morpholine rings is 1. The van der Waals surface area contributed by atoms with E-state index < -0.39 is 24.3 Å². The smallest absolute Gasteiger partial charge is 0.475 e. The van der Waals surface area contributed by atoms with Crippen LogP contribution in [0.4, 0.5) is 26.3 Å². The van der Waals surface area contributed by atoms with Crippen molar-refractivity contribution in [2.24, 2.45) is 0 Å². The van der Waals surface area contributed by atoms with Crippen molar-refractivity contribution in [1.82, 2.24) is 19.9 Å². The lowest BCUT2D eigenvalue weighted by Crippen LogP contribution is -2.50. The topological polar surface area (TPSA) is 129 Å². The minimum absolute atomic E-state index is 0.296. The molecular weight excluding hydrogens is 538 g/mol. The molecule has 2 aromatic heterocycles. The maximum Gasteiger partial charge on any atom is 0.490 e. The van der Waals surface area contributed by atoms with Crippen LogP contribution < -0.4 is 0 Å². The molecule has 2 N–H and O–H groups in total. The van der Waals surface area contributed by atoms with E-state index in [1.807, 2.05) is 25.4 Å². The molecule has 2 saturated heterocycles. The number of alkyl halides is 6. The molecule has 2 atom stereocenters. The fourth-order valence-corrected chi connectivity index (χ4v) is 4.27. The van der Waals surface area contributed by atoms with Gasteiger partial charge in [0.15, 0.2) is 0 Å². The number of rotatable bonds is 4. The van der Waals surface area contributed by atoms with Crippen LogP contribution in [0.3, 0.4) is 0 Å². The molecule has 37 heavy (non-hydrogen) atoms. The molecule has 0 aliphatic carbocycles. The third-order valence-electron chi connectivity index (χ3n) is 5.36. The fraction of sp³-hybridized carbons (Fsp3) is 0.600. The summed E-state index contributed by atoms with van der Waals surface area (Å²) in [6.45, 7) is 9.63. The summed E-state index contributed by atoms with van der Waals surface area (Å²) in [5.74, 6) is -4.58. The molecule has 17 heteroatoms. The van der Waals surface area contributed by atoms with Gasteiger partial charge in [-0.1, -0.05) is 5.16 Å². The van der Waals surface area contributed by atoms with Gasteiger partial charge in [-0.15, -0.1) is 11.3 Å². The molecule has 2 aliphatic rings. The van der Waals surface area contributed by atoms with Crippen molar-refractivity contribution in [2.75, 3.05) is 26.2 Å². The van der Waals surface area contributed by atoms with Crippen LogP contribution in [0.25, 0.3) is 0 Å². The monoisotopic (exact) mass is 562 g/mol. The van der Waals surface area contributed by atoms with Crippen molar-refractivity contribution in [2.45, 2.75) is 51.4 Å². The van der Waals surface area contributed by atoms with Gasteiger partial charge in [-0.05, 0) is 13.8 Å². The Morgan fingerprint density at radius 1 is 1.08 bits per heavy atom. The summed E-state index contributed by atoms with van der Waals surface area (Å²) in [7, 11) is 0. The number of nitrogens with zero attached hydrogens (tertiary/aromatic N) is 4. The van der Waals surface area contributed by atoms with Gasteiger partial charge < -0.3 is 19.5 Å². The molecule has 0 radical (unpaired) electrons. The molecule has 0 saturated carbocycles. The Bertz CT molecular complexity index is 986. The van der Waals surface area contributed by atoms with Crippen molar-refractivity contribution in [1.29, 1.82) is 0 Å². The first-order valence-corrected chi connectivity index (χ1v) is 11.5. The van der Waals surface area contributed by atoms with E-state index in [-0.39, 0.29) is 0 Å². The molecule has 0 aromatic carbocycles. The number of hydrogen-bond acceptors (Lipinski definition) is 9. The third-order valence-corrected chi connectivity index (χ3v) is 6.13. The van der Waals surface area contributed by atoms with E-state index in [1.54, 1.807) is 11.3 Å². The number of aromatic nitrogens is 2. The molecule has 2 fully saturated rings. The van der Waals surface area contributed by atoms with Crippen LogP contribution in [-0.4, -0.2) is 92.8 Å². The van der Waals surface area contributed by atoms with Crippen LogP contribution in [0.5, 0.6) is 0 Å². The maximum absolute atomic E-state index is 10.6. The first-order valence-electron chi connectivity index (χ1n) is 10.6. The van der Waals surface area contributed by atoms with Crippen LogP contribution in [0.1, 0.15) is 22.0 Å². The molecule has 0 bridgehead atoms. The summed E-state index contributed by atoms with van der Waals surface area (Å²) >= 11 is 1.72. The number of thiazole rings is 1. The largest absolute Gasteiger partial charge is 0.490 e. The predicted octanol–water partition coefficient (Wildman–Crippen LogP) is 3.10. The number of halogens is 6. The molecule has 2 aromatic rings. The summed E-state index contributed by atoms with van der Waals surface area (Å²) in [4.78, 5) is 27.2. The lowest BCUT2D eigenvalue weighted by atomic mass is 10.1. The van der Waals surface area contributed by atoms with E-state index in [1.165, 1.54) is 10.6 Å². The van der Waals surface area contributed by atoms with Gasteiger partial charge in [0.1, 0.15) is 10.8 Å². The number of carboxylic acid groups (broad SMARTS) is 2. The maximum atomic E-state index is 10.6. The normalized spacial score (nSPS) is 20.3. The fourth-order valence-electron chi connectivity index (χ4n) is 3.61. The highest BCUT2D eigenvalue weighted by Gasteiger charge is 2.41. The zero-order chi connectivity index (χ0) is 28.0. The van der Waals surface area contributed by atoms with Crippen LogP contribution in [0.2, 0.25) is 0 Å². The summed E-state index contributed by atoms with van der Waals surface area (Å²) < 4.78 is 74.8. The van der Waals surface area contributed by atoms with Gasteiger partial charge in [0.2, 0.25) is 0 Å².